The summed E-state index contributed by atoms with van der Waals surface area (Å²) in [7, 11) is 0. The minimum atomic E-state index is -1.11. The minimum Gasteiger partial charge on any atom is -0.490 e. The predicted molar refractivity (Wildman–Crippen MR) is 97.9 cm³/mol. The fraction of sp³-hybridized carbons (Fsp3) is 0.222. The van der Waals surface area contributed by atoms with Crippen LogP contribution in [0.15, 0.2) is 36.0 Å². The molecule has 0 atom stereocenters. The molecule has 0 aliphatic heterocycles. The number of benzene rings is 1. The largest absolute Gasteiger partial charge is 0.490 e. The molecule has 0 fully saturated rings. The first-order chi connectivity index (χ1) is 12.6. The molecule has 7 nitrogen and oxygen atoms in total. The number of carboxylic acids is 1. The molecule has 26 heavy (non-hydrogen) atoms. The van der Waals surface area contributed by atoms with Gasteiger partial charge >= 0.3 is 5.97 Å². The van der Waals surface area contributed by atoms with Crippen LogP contribution in [0.4, 0.5) is 0 Å². The van der Waals surface area contributed by atoms with Crippen molar-refractivity contribution < 1.29 is 19.4 Å². The lowest BCUT2D eigenvalue weighted by molar-refractivity contribution is 0.0690. The highest BCUT2D eigenvalue weighted by molar-refractivity contribution is 7.13. The Morgan fingerprint density at radius 3 is 2.50 bits per heavy atom. The Morgan fingerprint density at radius 2 is 1.85 bits per heavy atom. The van der Waals surface area contributed by atoms with Crippen LogP contribution in [0.5, 0.6) is 11.5 Å². The van der Waals surface area contributed by atoms with Gasteiger partial charge in [-0.3, -0.25) is 4.98 Å². The molecule has 1 N–H and O–H groups in total. The molecule has 1 aromatic carbocycles. The number of hydrogen-bond donors (Lipinski definition) is 1. The lowest BCUT2D eigenvalue weighted by Crippen LogP contribution is -2.01. The zero-order valence-electron chi connectivity index (χ0n) is 14.3. The Hall–Kier alpha value is -3.00. The van der Waals surface area contributed by atoms with Gasteiger partial charge < -0.3 is 14.6 Å². The maximum Gasteiger partial charge on any atom is 0.356 e. The Balaban J connectivity index is 1.89. The zero-order chi connectivity index (χ0) is 18.5. The Morgan fingerprint density at radius 1 is 1.08 bits per heavy atom. The topological polar surface area (TPSA) is 94.4 Å². The van der Waals surface area contributed by atoms with Gasteiger partial charge in [0.2, 0.25) is 0 Å². The summed E-state index contributed by atoms with van der Waals surface area (Å²) in [5.74, 6) is 0.264. The molecule has 0 radical (unpaired) electrons. The number of nitrogens with zero attached hydrogens (tertiary/aromatic N) is 3. The normalized spacial score (nSPS) is 10.5. The lowest BCUT2D eigenvalue weighted by atomic mass is 10.2. The molecule has 3 rings (SSSR count). The molecular formula is C18H17N3O4S. The third kappa shape index (κ3) is 3.80. The summed E-state index contributed by atoms with van der Waals surface area (Å²) < 4.78 is 11.2. The van der Waals surface area contributed by atoms with E-state index in [0.717, 1.165) is 10.6 Å². The lowest BCUT2D eigenvalue weighted by Gasteiger charge is -2.11. The number of ether oxygens (including phenoxy) is 2. The van der Waals surface area contributed by atoms with Crippen molar-refractivity contribution in [2.24, 2.45) is 0 Å². The van der Waals surface area contributed by atoms with Gasteiger partial charge in [0.15, 0.2) is 17.2 Å². The first kappa shape index (κ1) is 17.8. The number of aromatic nitrogens is 3. The van der Waals surface area contributed by atoms with Crippen molar-refractivity contribution in [3.05, 3.63) is 41.7 Å². The molecule has 134 valence electrons. The Kier molecular flexibility index (Phi) is 5.43. The number of thiazole rings is 1. The maximum absolute atomic E-state index is 10.9. The van der Waals surface area contributed by atoms with Gasteiger partial charge in [-0.15, -0.1) is 11.3 Å². The number of aromatic carboxylic acids is 1. The first-order valence-corrected chi connectivity index (χ1v) is 8.91. The summed E-state index contributed by atoms with van der Waals surface area (Å²) >= 11 is 1.46. The molecule has 0 unspecified atom stereocenters. The van der Waals surface area contributed by atoms with Gasteiger partial charge in [0.05, 0.1) is 25.6 Å². The van der Waals surface area contributed by atoms with E-state index in [2.05, 4.69) is 15.0 Å². The molecule has 2 aromatic heterocycles. The van der Waals surface area contributed by atoms with Crippen LogP contribution in [0.25, 0.3) is 22.0 Å². The SMILES string of the molecule is CCOc1ccc(-c2nc(-c3cnc(C(=O)O)cn3)cs2)cc1OCC. The van der Waals surface area contributed by atoms with Crippen molar-refractivity contribution >= 4 is 17.3 Å². The monoisotopic (exact) mass is 371 g/mol. The van der Waals surface area contributed by atoms with Gasteiger partial charge in [0, 0.05) is 10.9 Å². The first-order valence-electron chi connectivity index (χ1n) is 8.03. The standard InChI is InChI=1S/C18H17N3O4S/c1-3-24-15-6-5-11(7-16(15)25-4-2)17-21-14(10-26-17)12-8-20-13(9-19-12)18(22)23/h5-10H,3-4H2,1-2H3,(H,22,23). The summed E-state index contributed by atoms with van der Waals surface area (Å²) in [6.45, 7) is 4.95. The van der Waals surface area contributed by atoms with E-state index in [0.29, 0.717) is 36.1 Å². The van der Waals surface area contributed by atoms with E-state index < -0.39 is 5.97 Å². The van der Waals surface area contributed by atoms with Crippen molar-refractivity contribution in [3.8, 4) is 33.5 Å². The van der Waals surface area contributed by atoms with Crippen LogP contribution in [0.3, 0.4) is 0 Å². The smallest absolute Gasteiger partial charge is 0.356 e. The van der Waals surface area contributed by atoms with Gasteiger partial charge in [-0.25, -0.2) is 14.8 Å². The van der Waals surface area contributed by atoms with Crippen molar-refractivity contribution in [2.45, 2.75) is 13.8 Å². The van der Waals surface area contributed by atoms with E-state index >= 15 is 0 Å². The molecule has 0 saturated carbocycles. The molecule has 0 spiro atoms. The number of hydrogen-bond acceptors (Lipinski definition) is 7. The highest BCUT2D eigenvalue weighted by Gasteiger charge is 2.13. The van der Waals surface area contributed by atoms with E-state index in [1.54, 1.807) is 0 Å². The Labute approximate surface area is 154 Å². The van der Waals surface area contributed by atoms with Crippen LogP contribution in [0.1, 0.15) is 24.3 Å². The molecule has 8 heteroatoms. The van der Waals surface area contributed by atoms with Crippen molar-refractivity contribution in [2.75, 3.05) is 13.2 Å². The molecule has 2 heterocycles. The van der Waals surface area contributed by atoms with Gasteiger partial charge in [0.25, 0.3) is 0 Å². The van der Waals surface area contributed by atoms with Crippen LogP contribution < -0.4 is 9.47 Å². The van der Waals surface area contributed by atoms with E-state index in [1.807, 2.05) is 37.4 Å². The van der Waals surface area contributed by atoms with E-state index in [1.165, 1.54) is 23.7 Å². The molecule has 0 amide bonds. The van der Waals surface area contributed by atoms with E-state index in [-0.39, 0.29) is 5.69 Å². The quantitative estimate of drug-likeness (QED) is 0.675. The molecule has 3 aromatic rings. The van der Waals surface area contributed by atoms with Crippen LogP contribution in [0, 0.1) is 0 Å². The van der Waals surface area contributed by atoms with Crippen molar-refractivity contribution in [1.29, 1.82) is 0 Å². The second-order valence-electron chi connectivity index (χ2n) is 5.16. The van der Waals surface area contributed by atoms with Crippen molar-refractivity contribution in [3.63, 3.8) is 0 Å². The zero-order valence-corrected chi connectivity index (χ0v) is 15.1. The van der Waals surface area contributed by atoms with Crippen LogP contribution >= 0.6 is 11.3 Å². The van der Waals surface area contributed by atoms with Crippen molar-refractivity contribution in [1.82, 2.24) is 15.0 Å². The van der Waals surface area contributed by atoms with Crippen LogP contribution in [0.2, 0.25) is 0 Å². The molecule has 0 aliphatic rings. The summed E-state index contributed by atoms with van der Waals surface area (Å²) in [6.07, 6.45) is 2.63. The fourth-order valence-electron chi connectivity index (χ4n) is 2.28. The summed E-state index contributed by atoms with van der Waals surface area (Å²) in [6, 6.07) is 5.69. The van der Waals surface area contributed by atoms with Gasteiger partial charge in [-0.05, 0) is 32.0 Å². The third-order valence-electron chi connectivity index (χ3n) is 3.43. The second-order valence-corrected chi connectivity index (χ2v) is 6.02. The average Bonchev–Trinajstić information content (AvgIpc) is 3.14. The molecule has 0 bridgehead atoms. The molecular weight excluding hydrogens is 354 g/mol. The minimum absolute atomic E-state index is 0.0999. The Bertz CT molecular complexity index is 909. The molecule has 0 aliphatic carbocycles. The highest BCUT2D eigenvalue weighted by atomic mass is 32.1. The maximum atomic E-state index is 10.9. The summed E-state index contributed by atoms with van der Waals surface area (Å²) in [4.78, 5) is 23.4. The number of carboxylic acid groups (broad SMARTS) is 1. The fourth-order valence-corrected chi connectivity index (χ4v) is 3.09. The number of rotatable bonds is 7. The van der Waals surface area contributed by atoms with E-state index in [9.17, 15) is 4.79 Å². The van der Waals surface area contributed by atoms with Gasteiger partial charge in [-0.1, -0.05) is 0 Å². The third-order valence-corrected chi connectivity index (χ3v) is 4.32. The van der Waals surface area contributed by atoms with Crippen LogP contribution in [-0.2, 0) is 0 Å². The second kappa shape index (κ2) is 7.92. The highest BCUT2D eigenvalue weighted by Crippen LogP contribution is 2.35. The van der Waals surface area contributed by atoms with E-state index in [4.69, 9.17) is 14.6 Å². The summed E-state index contributed by atoms with van der Waals surface area (Å²) in [5.41, 5.74) is 1.97. The predicted octanol–water partition coefficient (Wildman–Crippen LogP) is 3.76. The van der Waals surface area contributed by atoms with Gasteiger partial charge in [0.1, 0.15) is 16.4 Å². The van der Waals surface area contributed by atoms with Crippen LogP contribution in [-0.4, -0.2) is 39.2 Å². The van der Waals surface area contributed by atoms with Gasteiger partial charge in [-0.2, -0.15) is 0 Å². The average molecular weight is 371 g/mol. The summed E-state index contributed by atoms with van der Waals surface area (Å²) in [5, 5.41) is 11.5. The number of carbonyl (C=O) groups is 1. The molecule has 0 saturated heterocycles.